The van der Waals surface area contributed by atoms with Crippen LogP contribution in [-0.2, 0) is 6.42 Å². The normalized spacial score (nSPS) is 10.4. The van der Waals surface area contributed by atoms with Crippen molar-refractivity contribution in [3.63, 3.8) is 0 Å². The van der Waals surface area contributed by atoms with Gasteiger partial charge in [0.25, 0.3) is 5.56 Å². The van der Waals surface area contributed by atoms with E-state index in [1.807, 2.05) is 18.2 Å². The summed E-state index contributed by atoms with van der Waals surface area (Å²) in [5.74, 6) is 5.47. The van der Waals surface area contributed by atoms with Crippen molar-refractivity contribution in [3.8, 4) is 0 Å². The van der Waals surface area contributed by atoms with Crippen molar-refractivity contribution in [3.05, 3.63) is 55.7 Å². The van der Waals surface area contributed by atoms with Gasteiger partial charge in [0.15, 0.2) is 0 Å². The number of nitrogens with one attached hydrogen (secondary N) is 1. The van der Waals surface area contributed by atoms with Crippen LogP contribution in [0.1, 0.15) is 11.3 Å². The van der Waals surface area contributed by atoms with Gasteiger partial charge >= 0.3 is 0 Å². The van der Waals surface area contributed by atoms with E-state index in [1.54, 1.807) is 6.07 Å². The van der Waals surface area contributed by atoms with Crippen LogP contribution in [0.2, 0.25) is 5.02 Å². The van der Waals surface area contributed by atoms with Crippen molar-refractivity contribution in [1.29, 1.82) is 0 Å². The van der Waals surface area contributed by atoms with E-state index in [9.17, 15) is 4.79 Å². The Morgan fingerprint density at radius 1 is 1.47 bits per heavy atom. The first kappa shape index (κ1) is 11.8. The summed E-state index contributed by atoms with van der Waals surface area (Å²) in [4.78, 5) is 11.8. The van der Waals surface area contributed by atoms with E-state index >= 15 is 0 Å². The lowest BCUT2D eigenvalue weighted by Gasteiger charge is -2.04. The van der Waals surface area contributed by atoms with E-state index in [0.29, 0.717) is 11.4 Å². The van der Waals surface area contributed by atoms with Crippen LogP contribution in [0.3, 0.4) is 0 Å². The molecule has 0 unspecified atom stereocenters. The average molecular weight is 269 g/mol. The molecule has 17 heavy (non-hydrogen) atoms. The summed E-state index contributed by atoms with van der Waals surface area (Å²) in [6.07, 6.45) is 0.307. The maximum atomic E-state index is 11.8. The van der Waals surface area contributed by atoms with Gasteiger partial charge in [-0.1, -0.05) is 29.8 Å². The highest BCUT2D eigenvalue weighted by atomic mass is 35.5. The molecule has 0 aliphatic carbocycles. The van der Waals surface area contributed by atoms with Crippen LogP contribution in [0, 0.1) is 4.77 Å². The molecule has 5 nitrogen and oxygen atoms in total. The monoisotopic (exact) mass is 268 g/mol. The Morgan fingerprint density at radius 3 is 2.88 bits per heavy atom. The van der Waals surface area contributed by atoms with Gasteiger partial charge in [-0.15, -0.1) is 0 Å². The Bertz CT molecular complexity index is 664. The maximum absolute atomic E-state index is 11.8. The van der Waals surface area contributed by atoms with Gasteiger partial charge in [0.1, 0.15) is 5.69 Å². The largest absolute Gasteiger partial charge is 0.334 e. The van der Waals surface area contributed by atoms with Gasteiger partial charge in [-0.05, 0) is 23.8 Å². The number of hydrogen-bond acceptors (Lipinski definition) is 4. The number of rotatable bonds is 2. The SMILES string of the molecule is Nn1c(=S)[nH]nc(Cc2ccccc2Cl)c1=O. The number of halogens is 1. The van der Waals surface area contributed by atoms with E-state index in [0.717, 1.165) is 10.2 Å². The molecule has 2 rings (SSSR count). The van der Waals surface area contributed by atoms with Crippen LogP contribution < -0.4 is 11.4 Å². The van der Waals surface area contributed by atoms with Crippen molar-refractivity contribution >= 4 is 23.8 Å². The smallest absolute Gasteiger partial charge is 0.295 e. The van der Waals surface area contributed by atoms with Crippen LogP contribution in [-0.4, -0.2) is 14.9 Å². The van der Waals surface area contributed by atoms with Crippen molar-refractivity contribution < 1.29 is 0 Å². The third-order valence-electron chi connectivity index (χ3n) is 2.29. The molecule has 0 radical (unpaired) electrons. The molecule has 0 amide bonds. The molecule has 0 fully saturated rings. The fourth-order valence-electron chi connectivity index (χ4n) is 1.39. The van der Waals surface area contributed by atoms with Crippen molar-refractivity contribution in [2.24, 2.45) is 0 Å². The standard InChI is InChI=1S/C10H9ClN4OS/c11-7-4-2-1-3-6(7)5-8-9(16)15(12)10(17)14-13-8/h1-4H,5,12H2,(H,14,17). The van der Waals surface area contributed by atoms with Crippen molar-refractivity contribution in [1.82, 2.24) is 14.9 Å². The van der Waals surface area contributed by atoms with Crippen LogP contribution in [0.5, 0.6) is 0 Å². The summed E-state index contributed by atoms with van der Waals surface area (Å²) in [6, 6.07) is 7.24. The number of hydrogen-bond donors (Lipinski definition) is 2. The van der Waals surface area contributed by atoms with Crippen LogP contribution in [0.25, 0.3) is 0 Å². The number of H-pyrrole nitrogens is 1. The van der Waals surface area contributed by atoms with Gasteiger partial charge in [-0.25, -0.2) is 0 Å². The number of aromatic nitrogens is 3. The van der Waals surface area contributed by atoms with Gasteiger partial charge in [-0.2, -0.15) is 9.77 Å². The molecule has 0 bridgehead atoms. The summed E-state index contributed by atoms with van der Waals surface area (Å²) in [6.45, 7) is 0. The molecule has 0 aliphatic rings. The third kappa shape index (κ3) is 2.37. The quantitative estimate of drug-likeness (QED) is 0.635. The second-order valence-corrected chi connectivity index (χ2v) is 4.21. The lowest BCUT2D eigenvalue weighted by Crippen LogP contribution is -2.32. The topological polar surface area (TPSA) is 76.7 Å². The average Bonchev–Trinajstić information content (AvgIpc) is 2.32. The van der Waals surface area contributed by atoms with Gasteiger partial charge in [0.2, 0.25) is 4.77 Å². The molecule has 2 aromatic rings. The Hall–Kier alpha value is -1.66. The summed E-state index contributed by atoms with van der Waals surface area (Å²) in [5, 5.41) is 6.97. The summed E-state index contributed by atoms with van der Waals surface area (Å²) in [5.41, 5.74) is 0.659. The molecule has 0 aliphatic heterocycles. The fourth-order valence-corrected chi connectivity index (χ4v) is 1.72. The molecule has 88 valence electrons. The minimum absolute atomic E-state index is 0.0814. The van der Waals surface area contributed by atoms with E-state index in [1.165, 1.54) is 0 Å². The van der Waals surface area contributed by atoms with E-state index < -0.39 is 5.56 Å². The fraction of sp³-hybridized carbons (Fsp3) is 0.100. The van der Waals surface area contributed by atoms with E-state index in [4.69, 9.17) is 29.7 Å². The molecule has 1 heterocycles. The molecule has 0 spiro atoms. The highest BCUT2D eigenvalue weighted by Gasteiger charge is 2.08. The second kappa shape index (κ2) is 4.68. The van der Waals surface area contributed by atoms with E-state index in [2.05, 4.69) is 10.2 Å². The second-order valence-electron chi connectivity index (χ2n) is 3.42. The van der Waals surface area contributed by atoms with Crippen LogP contribution in [0.15, 0.2) is 29.1 Å². The number of aromatic amines is 1. The number of nitrogen functional groups attached to an aromatic ring is 1. The predicted octanol–water partition coefficient (Wildman–Crippen LogP) is 1.26. The van der Waals surface area contributed by atoms with Gasteiger partial charge < -0.3 is 5.84 Å². The number of nitrogens with two attached hydrogens (primary N) is 1. The minimum atomic E-state index is -0.423. The lowest BCUT2D eigenvalue weighted by molar-refractivity contribution is 0.759. The molecule has 0 saturated heterocycles. The van der Waals surface area contributed by atoms with Gasteiger partial charge in [-0.3, -0.25) is 9.89 Å². The molecular weight excluding hydrogens is 260 g/mol. The summed E-state index contributed by atoms with van der Waals surface area (Å²) in [7, 11) is 0. The first-order chi connectivity index (χ1) is 8.09. The zero-order valence-electron chi connectivity index (χ0n) is 8.68. The van der Waals surface area contributed by atoms with Gasteiger partial charge in [0, 0.05) is 11.4 Å². The first-order valence-corrected chi connectivity index (χ1v) is 5.57. The third-order valence-corrected chi connectivity index (χ3v) is 2.94. The summed E-state index contributed by atoms with van der Waals surface area (Å²) >= 11 is 10.8. The van der Waals surface area contributed by atoms with Crippen LogP contribution in [0.4, 0.5) is 0 Å². The highest BCUT2D eigenvalue weighted by Crippen LogP contribution is 2.16. The molecule has 0 atom stereocenters. The number of nitrogens with zero attached hydrogens (tertiary/aromatic N) is 2. The molecule has 3 N–H and O–H groups in total. The molecule has 1 aromatic carbocycles. The zero-order chi connectivity index (χ0) is 12.4. The zero-order valence-corrected chi connectivity index (χ0v) is 10.3. The molecule has 0 saturated carbocycles. The minimum Gasteiger partial charge on any atom is -0.334 e. The number of benzene rings is 1. The first-order valence-electron chi connectivity index (χ1n) is 4.78. The highest BCUT2D eigenvalue weighted by molar-refractivity contribution is 7.71. The Labute approximate surface area is 107 Å². The Kier molecular flexibility index (Phi) is 3.26. The predicted molar refractivity (Wildman–Crippen MR) is 68.1 cm³/mol. The lowest BCUT2D eigenvalue weighted by atomic mass is 10.1. The van der Waals surface area contributed by atoms with Crippen molar-refractivity contribution in [2.75, 3.05) is 5.84 Å². The molecular formula is C10H9ClN4OS. The molecule has 1 aromatic heterocycles. The van der Waals surface area contributed by atoms with Crippen LogP contribution >= 0.6 is 23.8 Å². The molecule has 7 heteroatoms. The van der Waals surface area contributed by atoms with Gasteiger partial charge in [0.05, 0.1) is 0 Å². The Balaban J connectivity index is 2.45. The van der Waals surface area contributed by atoms with E-state index in [-0.39, 0.29) is 10.5 Å². The van der Waals surface area contributed by atoms with Crippen molar-refractivity contribution in [2.45, 2.75) is 6.42 Å². The maximum Gasteiger partial charge on any atom is 0.295 e. The Morgan fingerprint density at radius 2 is 2.18 bits per heavy atom. The summed E-state index contributed by atoms with van der Waals surface area (Å²) < 4.78 is 0.937.